The van der Waals surface area contributed by atoms with Gasteiger partial charge >= 0.3 is 0 Å². The maximum atomic E-state index is 7.12. The van der Waals surface area contributed by atoms with Crippen molar-refractivity contribution in [1.82, 2.24) is 0 Å². The molecular weight excluding hydrogens is 340 g/mol. The number of rotatable bonds is 22. The van der Waals surface area contributed by atoms with Gasteiger partial charge in [0.1, 0.15) is 0 Å². The molecule has 0 aliphatic rings. The molecule has 158 valence electrons. The van der Waals surface area contributed by atoms with E-state index in [4.69, 9.17) is 34.5 Å². The molecule has 0 saturated carbocycles. The van der Waals surface area contributed by atoms with E-state index in [9.17, 15) is 0 Å². The van der Waals surface area contributed by atoms with Crippen molar-refractivity contribution in [3.8, 4) is 0 Å². The predicted molar refractivity (Wildman–Crippen MR) is 101 cm³/mol. The molecule has 0 bridgehead atoms. The van der Waals surface area contributed by atoms with Crippen LogP contribution in [0.5, 0.6) is 0 Å². The lowest BCUT2D eigenvalue weighted by Crippen LogP contribution is -2.15. The lowest BCUT2D eigenvalue weighted by atomic mass is 10.4. The molecule has 0 rings (SSSR count). The minimum absolute atomic E-state index is 0.0339. The Labute approximate surface area is 161 Å². The van der Waals surface area contributed by atoms with Gasteiger partial charge in [-0.3, -0.25) is 0 Å². The highest BCUT2D eigenvalue weighted by Crippen LogP contribution is 1.89. The van der Waals surface area contributed by atoms with E-state index in [1.54, 1.807) is 0 Å². The van der Waals surface area contributed by atoms with E-state index in [0.29, 0.717) is 79.3 Å². The Hall–Kier alpha value is -0.280. The Kier molecular flexibility index (Phi) is 20.8. The summed E-state index contributed by atoms with van der Waals surface area (Å²) in [6.45, 7) is 11.8. The van der Waals surface area contributed by atoms with E-state index in [-0.39, 0.29) is 13.0 Å². The smallest absolute Gasteiger partial charge is 0.0703 e. The molecule has 0 N–H and O–H groups in total. The van der Waals surface area contributed by atoms with Gasteiger partial charge in [-0.05, 0) is 20.2 Å². The Bertz CT molecular complexity index is 272. The zero-order chi connectivity index (χ0) is 19.8. The first-order valence-electron chi connectivity index (χ1n) is 10.4. The van der Waals surface area contributed by atoms with Crippen molar-refractivity contribution in [3.63, 3.8) is 0 Å². The summed E-state index contributed by atoms with van der Waals surface area (Å²) >= 11 is 0. The molecule has 0 aliphatic heterocycles. The van der Waals surface area contributed by atoms with Crippen LogP contribution in [0.2, 0.25) is 0 Å². The third-order valence-corrected chi connectivity index (χ3v) is 3.13. The minimum Gasteiger partial charge on any atom is -0.379 e. The van der Waals surface area contributed by atoms with Crippen molar-refractivity contribution >= 4 is 0 Å². The van der Waals surface area contributed by atoms with E-state index in [1.165, 1.54) is 0 Å². The third kappa shape index (κ3) is 23.7. The molecule has 1 atom stereocenters. The monoisotopic (exact) mass is 381 g/mol. The van der Waals surface area contributed by atoms with Crippen LogP contribution in [0.25, 0.3) is 0 Å². The molecule has 0 aromatic carbocycles. The van der Waals surface area contributed by atoms with Gasteiger partial charge in [0.15, 0.2) is 0 Å². The SMILES string of the molecule is [2H]CC(C)OCCOCCOCCOCCOCCOCCOCCCC. The van der Waals surface area contributed by atoms with Gasteiger partial charge in [0.2, 0.25) is 0 Å². The molecule has 0 radical (unpaired) electrons. The van der Waals surface area contributed by atoms with Crippen molar-refractivity contribution < 1.29 is 34.5 Å². The first kappa shape index (κ1) is 23.8. The highest BCUT2D eigenvalue weighted by Gasteiger charge is 1.95. The van der Waals surface area contributed by atoms with Crippen LogP contribution in [0.1, 0.15) is 35.0 Å². The molecule has 0 amide bonds. The van der Waals surface area contributed by atoms with E-state index < -0.39 is 0 Å². The molecular formula is C19H40O7. The molecule has 0 saturated heterocycles. The normalized spacial score (nSPS) is 13.1. The second-order valence-electron chi connectivity index (χ2n) is 5.71. The standard InChI is InChI=1S/C19H40O7/c1-4-5-6-20-7-8-21-9-10-22-11-12-23-13-14-24-15-16-25-17-18-26-19(2)3/h19H,4-18H2,1-3H3/i2D. The van der Waals surface area contributed by atoms with Crippen LogP contribution >= 0.6 is 0 Å². The van der Waals surface area contributed by atoms with Gasteiger partial charge in [0, 0.05) is 7.98 Å². The van der Waals surface area contributed by atoms with Crippen LogP contribution < -0.4 is 0 Å². The van der Waals surface area contributed by atoms with Crippen LogP contribution in [0, 0.1) is 0 Å². The Morgan fingerprint density at radius 2 is 0.923 bits per heavy atom. The van der Waals surface area contributed by atoms with E-state index in [0.717, 1.165) is 19.4 Å². The first-order chi connectivity index (χ1) is 13.3. The predicted octanol–water partition coefficient (Wildman–Crippen LogP) is 2.31. The molecule has 26 heavy (non-hydrogen) atoms. The van der Waals surface area contributed by atoms with Crippen molar-refractivity contribution in [2.24, 2.45) is 0 Å². The molecule has 7 heteroatoms. The average molecular weight is 382 g/mol. The maximum Gasteiger partial charge on any atom is 0.0703 e. The fraction of sp³-hybridized carbons (Fsp3) is 1.00. The molecule has 1 unspecified atom stereocenters. The minimum atomic E-state index is -0.0339. The summed E-state index contributed by atoms with van der Waals surface area (Å²) in [5, 5.41) is 0. The van der Waals surface area contributed by atoms with Gasteiger partial charge in [-0.2, -0.15) is 0 Å². The van der Waals surface area contributed by atoms with Crippen molar-refractivity contribution in [2.75, 3.05) is 85.9 Å². The quantitative estimate of drug-likeness (QED) is 0.267. The third-order valence-electron chi connectivity index (χ3n) is 3.13. The average Bonchev–Trinajstić information content (AvgIpc) is 2.68. The number of hydrogen-bond donors (Lipinski definition) is 0. The Morgan fingerprint density at radius 1 is 0.577 bits per heavy atom. The summed E-state index contributed by atoms with van der Waals surface area (Å²) in [7, 11) is 0. The first-order valence-corrected chi connectivity index (χ1v) is 9.68. The van der Waals surface area contributed by atoms with E-state index in [1.807, 2.05) is 6.92 Å². The topological polar surface area (TPSA) is 64.6 Å². The summed E-state index contributed by atoms with van der Waals surface area (Å²) in [6, 6.07) is 0. The van der Waals surface area contributed by atoms with E-state index >= 15 is 0 Å². The summed E-state index contributed by atoms with van der Waals surface area (Å²) in [5.74, 6) is 0. The summed E-state index contributed by atoms with van der Waals surface area (Å²) in [4.78, 5) is 0. The molecule has 0 spiro atoms. The molecule has 0 aromatic rings. The lowest BCUT2D eigenvalue weighted by molar-refractivity contribution is -0.0238. The van der Waals surface area contributed by atoms with Gasteiger partial charge < -0.3 is 33.2 Å². The molecule has 0 heterocycles. The number of hydrogen-bond acceptors (Lipinski definition) is 7. The second kappa shape index (κ2) is 22.8. The summed E-state index contributed by atoms with van der Waals surface area (Å²) in [5.41, 5.74) is 0. The van der Waals surface area contributed by atoms with Gasteiger partial charge in [-0.1, -0.05) is 13.3 Å². The van der Waals surface area contributed by atoms with Gasteiger partial charge in [-0.15, -0.1) is 0 Å². The van der Waals surface area contributed by atoms with Crippen LogP contribution in [0.15, 0.2) is 0 Å². The lowest BCUT2D eigenvalue weighted by Gasteiger charge is -2.09. The van der Waals surface area contributed by atoms with Crippen molar-refractivity contribution in [1.29, 1.82) is 0 Å². The highest BCUT2D eigenvalue weighted by atomic mass is 16.6. The zero-order valence-corrected chi connectivity index (χ0v) is 16.7. The molecule has 0 aromatic heterocycles. The fourth-order valence-corrected chi connectivity index (χ4v) is 1.76. The molecule has 7 nitrogen and oxygen atoms in total. The van der Waals surface area contributed by atoms with Crippen LogP contribution in [-0.4, -0.2) is 92.0 Å². The van der Waals surface area contributed by atoms with Crippen LogP contribution in [0.3, 0.4) is 0 Å². The largest absolute Gasteiger partial charge is 0.379 e. The maximum absolute atomic E-state index is 7.12. The van der Waals surface area contributed by atoms with Crippen molar-refractivity contribution in [2.45, 2.75) is 39.7 Å². The summed E-state index contributed by atoms with van der Waals surface area (Å²) in [6.07, 6.45) is 2.22. The summed E-state index contributed by atoms with van der Waals surface area (Å²) < 4.78 is 44.8. The van der Waals surface area contributed by atoms with Gasteiger partial charge in [-0.25, -0.2) is 0 Å². The number of ether oxygens (including phenoxy) is 7. The van der Waals surface area contributed by atoms with Crippen LogP contribution in [0.4, 0.5) is 0 Å². The molecule has 0 aliphatic carbocycles. The van der Waals surface area contributed by atoms with Gasteiger partial charge in [0.05, 0.1) is 85.4 Å². The van der Waals surface area contributed by atoms with Crippen molar-refractivity contribution in [3.05, 3.63) is 0 Å². The zero-order valence-electron chi connectivity index (χ0n) is 17.7. The van der Waals surface area contributed by atoms with E-state index in [2.05, 4.69) is 6.92 Å². The van der Waals surface area contributed by atoms with Gasteiger partial charge in [0.25, 0.3) is 0 Å². The highest BCUT2D eigenvalue weighted by molar-refractivity contribution is 4.39. The van der Waals surface area contributed by atoms with Crippen LogP contribution in [-0.2, 0) is 33.2 Å². The fourth-order valence-electron chi connectivity index (χ4n) is 1.76. The molecule has 0 fully saturated rings. The Morgan fingerprint density at radius 3 is 1.27 bits per heavy atom. The number of unbranched alkanes of at least 4 members (excludes halogenated alkanes) is 1. The second-order valence-corrected chi connectivity index (χ2v) is 5.71. The Balaban J connectivity index is 2.99.